The van der Waals surface area contributed by atoms with Crippen molar-refractivity contribution in [3.63, 3.8) is 0 Å². The van der Waals surface area contributed by atoms with Crippen LogP contribution in [0.5, 0.6) is 0 Å². The summed E-state index contributed by atoms with van der Waals surface area (Å²) in [6.07, 6.45) is 0. The molecule has 0 saturated heterocycles. The summed E-state index contributed by atoms with van der Waals surface area (Å²) >= 11 is 0. The van der Waals surface area contributed by atoms with E-state index in [9.17, 15) is 0 Å². The molecule has 0 N–H and O–H groups in total. The second kappa shape index (κ2) is 10.2. The summed E-state index contributed by atoms with van der Waals surface area (Å²) in [5.41, 5.74) is 6.93. The quantitative estimate of drug-likeness (QED) is 0.184. The summed E-state index contributed by atoms with van der Waals surface area (Å²) in [4.78, 5) is 0. The molecule has 0 amide bonds. The van der Waals surface area contributed by atoms with E-state index >= 15 is 0 Å². The molecule has 10 aromatic rings. The van der Waals surface area contributed by atoms with E-state index in [1.165, 1.54) is 32.7 Å². The van der Waals surface area contributed by atoms with Crippen LogP contribution in [0.15, 0.2) is 174 Å². The zero-order valence-electron chi connectivity index (χ0n) is 30.2. The average Bonchev–Trinajstić information content (AvgIpc) is 3.58. The first-order valence-electron chi connectivity index (χ1n) is 18.3. The Hall–Kier alpha value is -6.18. The molecular formula is C46H28O. The number of fused-ring (bicyclic) bond motifs is 8. The van der Waals surface area contributed by atoms with E-state index in [2.05, 4.69) is 109 Å². The van der Waals surface area contributed by atoms with E-state index in [4.69, 9.17) is 11.3 Å². The number of hydrogen-bond acceptors (Lipinski definition) is 1. The molecule has 0 aliphatic heterocycles. The molecule has 1 heterocycles. The first kappa shape index (κ1) is 21.5. The molecule has 1 heteroatoms. The van der Waals surface area contributed by atoms with Crippen molar-refractivity contribution in [3.05, 3.63) is 170 Å². The van der Waals surface area contributed by atoms with E-state index in [-0.39, 0.29) is 29.7 Å². The summed E-state index contributed by atoms with van der Waals surface area (Å²) in [6.45, 7) is 0. The molecule has 0 aliphatic rings. The Morgan fingerprint density at radius 1 is 0.404 bits per heavy atom. The van der Waals surface area contributed by atoms with Gasteiger partial charge in [-0.2, -0.15) is 0 Å². The highest BCUT2D eigenvalue weighted by molar-refractivity contribution is 6.28. The predicted octanol–water partition coefficient (Wildman–Crippen LogP) is 13.2. The van der Waals surface area contributed by atoms with Gasteiger partial charge in [0.05, 0.1) is 6.85 Å². The van der Waals surface area contributed by atoms with Crippen LogP contribution in [0.3, 0.4) is 0 Å². The largest absolute Gasteiger partial charge is 0.455 e. The second-order valence-electron chi connectivity index (χ2n) is 12.0. The van der Waals surface area contributed by atoms with Crippen LogP contribution in [0.1, 0.15) is 6.85 Å². The van der Waals surface area contributed by atoms with Gasteiger partial charge in [0.1, 0.15) is 11.2 Å². The topological polar surface area (TPSA) is 13.1 Å². The SMILES string of the molecule is [2H]c1c([2H])c([2H])c(-c2ccc3c(ccc4c3oc3cccc(-c5c6ccccc6c(-c6cccc7ccccc67)c6ccccc56)c34)c2)c([2H])c1[2H]. The average molecular weight is 602 g/mol. The third-order valence-electron chi connectivity index (χ3n) is 9.53. The van der Waals surface area contributed by atoms with Crippen LogP contribution in [0.4, 0.5) is 0 Å². The minimum absolute atomic E-state index is 0.186. The van der Waals surface area contributed by atoms with Gasteiger partial charge in [-0.1, -0.05) is 145 Å². The first-order valence-corrected chi connectivity index (χ1v) is 15.8. The number of benzene rings is 9. The maximum Gasteiger partial charge on any atom is 0.143 e. The summed E-state index contributed by atoms with van der Waals surface area (Å²) in [6, 6.07) is 47.0. The Labute approximate surface area is 279 Å². The van der Waals surface area contributed by atoms with Crippen molar-refractivity contribution in [2.45, 2.75) is 0 Å². The van der Waals surface area contributed by atoms with E-state index in [1.54, 1.807) is 0 Å². The standard InChI is InChI=1S/C46H28O/c1-2-12-29(13-3-1)31-24-26-34-32(28-31)25-27-41-45-40(22-11-23-42(45)47-46(34)41)44-38-19-8-6-17-36(38)43(37-18-7-9-20-39(37)44)35-21-10-15-30-14-4-5-16-33(30)35/h1-28H/i1D,2D,3D,12D,13D. The van der Waals surface area contributed by atoms with Gasteiger partial charge in [0.15, 0.2) is 0 Å². The lowest BCUT2D eigenvalue weighted by atomic mass is 9.84. The van der Waals surface area contributed by atoms with Gasteiger partial charge in [-0.25, -0.2) is 0 Å². The third-order valence-corrected chi connectivity index (χ3v) is 9.53. The van der Waals surface area contributed by atoms with Crippen molar-refractivity contribution in [2.24, 2.45) is 0 Å². The normalized spacial score (nSPS) is 13.3. The Bertz CT molecular complexity index is 3050. The van der Waals surface area contributed by atoms with Crippen LogP contribution in [-0.4, -0.2) is 0 Å². The van der Waals surface area contributed by atoms with Gasteiger partial charge in [0.2, 0.25) is 0 Å². The van der Waals surface area contributed by atoms with E-state index < -0.39 is 6.04 Å². The molecule has 218 valence electrons. The number of hydrogen-bond donors (Lipinski definition) is 0. The maximum atomic E-state index is 8.51. The van der Waals surface area contributed by atoms with Gasteiger partial charge in [-0.15, -0.1) is 0 Å². The fourth-order valence-corrected chi connectivity index (χ4v) is 7.52. The highest BCUT2D eigenvalue weighted by Crippen LogP contribution is 2.48. The highest BCUT2D eigenvalue weighted by Gasteiger charge is 2.21. The van der Waals surface area contributed by atoms with Crippen molar-refractivity contribution in [1.82, 2.24) is 0 Å². The Kier molecular flexibility index (Phi) is 4.66. The molecule has 0 atom stereocenters. The van der Waals surface area contributed by atoms with Crippen LogP contribution in [0.2, 0.25) is 0 Å². The van der Waals surface area contributed by atoms with Gasteiger partial charge in [-0.05, 0) is 95.3 Å². The van der Waals surface area contributed by atoms with E-state index in [0.717, 1.165) is 54.6 Å². The maximum absolute atomic E-state index is 8.51. The fourth-order valence-electron chi connectivity index (χ4n) is 7.52. The van der Waals surface area contributed by atoms with Crippen molar-refractivity contribution in [3.8, 4) is 33.4 Å². The number of rotatable bonds is 3. The molecule has 0 aliphatic carbocycles. The Morgan fingerprint density at radius 2 is 1.00 bits per heavy atom. The minimum atomic E-state index is -0.400. The molecule has 0 radical (unpaired) electrons. The van der Waals surface area contributed by atoms with Crippen LogP contribution in [0, 0.1) is 0 Å². The van der Waals surface area contributed by atoms with Gasteiger partial charge in [-0.3, -0.25) is 0 Å². The van der Waals surface area contributed by atoms with E-state index in [1.807, 2.05) is 30.3 Å². The Morgan fingerprint density at radius 3 is 1.74 bits per heavy atom. The zero-order chi connectivity index (χ0) is 35.2. The lowest BCUT2D eigenvalue weighted by molar-refractivity contribution is 0.673. The van der Waals surface area contributed by atoms with Crippen molar-refractivity contribution < 1.29 is 11.3 Å². The van der Waals surface area contributed by atoms with Crippen molar-refractivity contribution in [2.75, 3.05) is 0 Å². The molecule has 10 rings (SSSR count). The molecule has 1 nitrogen and oxygen atoms in total. The van der Waals surface area contributed by atoms with Gasteiger partial charge < -0.3 is 4.42 Å². The molecule has 0 spiro atoms. The minimum Gasteiger partial charge on any atom is -0.455 e. The molecule has 0 fully saturated rings. The summed E-state index contributed by atoms with van der Waals surface area (Å²) in [5.74, 6) is 0. The van der Waals surface area contributed by atoms with Crippen molar-refractivity contribution >= 4 is 65.0 Å². The van der Waals surface area contributed by atoms with Gasteiger partial charge in [0, 0.05) is 16.2 Å². The lowest BCUT2D eigenvalue weighted by Crippen LogP contribution is -1.92. The molecule has 0 saturated carbocycles. The molecule has 0 bridgehead atoms. The molecule has 0 unspecified atom stereocenters. The van der Waals surface area contributed by atoms with Crippen LogP contribution < -0.4 is 0 Å². The molecule has 1 aromatic heterocycles. The van der Waals surface area contributed by atoms with Crippen LogP contribution in [0.25, 0.3) is 98.4 Å². The number of furan rings is 1. The Balaban J connectivity index is 1.24. The summed E-state index contributed by atoms with van der Waals surface area (Å²) in [7, 11) is 0. The van der Waals surface area contributed by atoms with Gasteiger partial charge in [0.25, 0.3) is 0 Å². The molecular weight excluding hydrogens is 569 g/mol. The second-order valence-corrected chi connectivity index (χ2v) is 12.0. The monoisotopic (exact) mass is 601 g/mol. The predicted molar refractivity (Wildman–Crippen MR) is 200 cm³/mol. The van der Waals surface area contributed by atoms with Crippen molar-refractivity contribution in [1.29, 1.82) is 0 Å². The van der Waals surface area contributed by atoms with Crippen LogP contribution >= 0.6 is 0 Å². The third kappa shape index (κ3) is 3.90. The lowest BCUT2D eigenvalue weighted by Gasteiger charge is -2.19. The van der Waals surface area contributed by atoms with E-state index in [0.29, 0.717) is 5.56 Å². The zero-order valence-corrected chi connectivity index (χ0v) is 25.2. The summed E-state index contributed by atoms with van der Waals surface area (Å²) < 4.78 is 48.1. The van der Waals surface area contributed by atoms with Crippen LogP contribution in [-0.2, 0) is 0 Å². The molecule has 47 heavy (non-hydrogen) atoms. The molecule has 9 aromatic carbocycles. The smallest absolute Gasteiger partial charge is 0.143 e. The van der Waals surface area contributed by atoms with Gasteiger partial charge >= 0.3 is 0 Å². The first-order chi connectivity index (χ1) is 25.4. The fraction of sp³-hybridized carbons (Fsp3) is 0. The highest BCUT2D eigenvalue weighted by atomic mass is 16.3. The summed E-state index contributed by atoms with van der Waals surface area (Å²) in [5, 5.41) is 10.9.